The third-order valence-electron chi connectivity index (χ3n) is 4.94. The van der Waals surface area contributed by atoms with Gasteiger partial charge in [-0.05, 0) is 43.6 Å². The topological polar surface area (TPSA) is 96.3 Å². The summed E-state index contributed by atoms with van der Waals surface area (Å²) in [5.74, 6) is 0.814. The van der Waals surface area contributed by atoms with E-state index >= 15 is 0 Å². The van der Waals surface area contributed by atoms with Crippen molar-refractivity contribution in [1.29, 1.82) is 0 Å². The number of hydrogen-bond acceptors (Lipinski definition) is 6. The zero-order valence-electron chi connectivity index (χ0n) is 15.8. The summed E-state index contributed by atoms with van der Waals surface area (Å²) in [7, 11) is 1.82. The number of aliphatic hydroxyl groups excluding tert-OH is 1. The predicted molar refractivity (Wildman–Crippen MR) is 100.0 cm³/mol. The minimum Gasteiger partial charge on any atom is -0.469 e. The molecule has 3 N–H and O–H groups in total. The molecule has 0 aliphatic heterocycles. The van der Waals surface area contributed by atoms with E-state index in [4.69, 9.17) is 10.5 Å². The first-order valence-electron chi connectivity index (χ1n) is 9.04. The number of nitrogens with zero attached hydrogens (tertiary/aromatic N) is 4. The number of alkyl halides is 3. The molecule has 1 aliphatic rings. The summed E-state index contributed by atoms with van der Waals surface area (Å²) in [5, 5.41) is 16.9. The Morgan fingerprint density at radius 2 is 2.11 bits per heavy atom. The highest BCUT2D eigenvalue weighted by Gasteiger charge is 2.31. The molecular weight excluding hydrogens is 375 g/mol. The monoisotopic (exact) mass is 401 g/mol. The van der Waals surface area contributed by atoms with E-state index in [0.29, 0.717) is 18.3 Å². The number of aliphatic hydroxyl groups is 1. The second-order valence-electron chi connectivity index (χ2n) is 6.98. The summed E-state index contributed by atoms with van der Waals surface area (Å²) >= 11 is 0. The Labute approximate surface area is 162 Å². The first-order valence-corrected chi connectivity index (χ1v) is 9.04. The van der Waals surface area contributed by atoms with Gasteiger partial charge in [0, 0.05) is 32.6 Å². The number of pyridine rings is 1. The van der Waals surface area contributed by atoms with Crippen LogP contribution in [0.4, 0.5) is 13.2 Å². The first-order chi connectivity index (χ1) is 13.2. The molecule has 7 nitrogen and oxygen atoms in total. The molecule has 2 rings (SSSR count). The van der Waals surface area contributed by atoms with Gasteiger partial charge in [-0.1, -0.05) is 0 Å². The lowest BCUT2D eigenvalue weighted by molar-refractivity contribution is -0.137. The molecule has 0 aromatic carbocycles. The number of likely N-dealkylation sites (N-methyl/N-ethyl adjacent to an activating group) is 1. The van der Waals surface area contributed by atoms with Gasteiger partial charge in [-0.25, -0.2) is 4.98 Å². The summed E-state index contributed by atoms with van der Waals surface area (Å²) < 4.78 is 43.8. The molecule has 0 saturated heterocycles. The fourth-order valence-corrected chi connectivity index (χ4v) is 3.31. The van der Waals surface area contributed by atoms with Crippen LogP contribution in [-0.2, 0) is 6.18 Å². The third-order valence-corrected chi connectivity index (χ3v) is 4.94. The SMILES string of the molecule is C=N/N=C(/COc1cc(C(F)(F)F)ccn1)N(C)CC1CCC(C(N)O)CC1. The van der Waals surface area contributed by atoms with Crippen molar-refractivity contribution in [3.8, 4) is 5.88 Å². The fourth-order valence-electron chi connectivity index (χ4n) is 3.31. The lowest BCUT2D eigenvalue weighted by Crippen LogP contribution is -2.38. The summed E-state index contributed by atoms with van der Waals surface area (Å²) in [6, 6.07) is 1.73. The van der Waals surface area contributed by atoms with Crippen molar-refractivity contribution in [2.75, 3.05) is 20.2 Å². The lowest BCUT2D eigenvalue weighted by Gasteiger charge is -2.33. The number of rotatable bonds is 7. The molecule has 1 saturated carbocycles. The minimum atomic E-state index is -4.46. The van der Waals surface area contributed by atoms with Crippen molar-refractivity contribution in [2.45, 2.75) is 38.1 Å². The van der Waals surface area contributed by atoms with Gasteiger partial charge < -0.3 is 20.5 Å². The molecule has 0 radical (unpaired) electrons. The second-order valence-corrected chi connectivity index (χ2v) is 6.98. The maximum absolute atomic E-state index is 12.8. The molecule has 10 heteroatoms. The van der Waals surface area contributed by atoms with E-state index in [0.717, 1.165) is 44.0 Å². The van der Waals surface area contributed by atoms with Crippen molar-refractivity contribution in [1.82, 2.24) is 9.88 Å². The van der Waals surface area contributed by atoms with Crippen molar-refractivity contribution < 1.29 is 23.0 Å². The maximum atomic E-state index is 12.8. The second kappa shape index (κ2) is 9.83. The molecule has 0 amide bonds. The highest BCUT2D eigenvalue weighted by Crippen LogP contribution is 2.31. The van der Waals surface area contributed by atoms with E-state index in [9.17, 15) is 18.3 Å². The average molecular weight is 401 g/mol. The smallest absolute Gasteiger partial charge is 0.416 e. The van der Waals surface area contributed by atoms with Gasteiger partial charge in [0.2, 0.25) is 5.88 Å². The minimum absolute atomic E-state index is 0.0826. The van der Waals surface area contributed by atoms with E-state index < -0.39 is 18.0 Å². The molecule has 1 aliphatic carbocycles. The Bertz CT molecular complexity index is 673. The number of halogens is 3. The first kappa shape index (κ1) is 22.1. The Hall–Kier alpha value is -2.20. The summed E-state index contributed by atoms with van der Waals surface area (Å²) in [4.78, 5) is 5.66. The summed E-state index contributed by atoms with van der Waals surface area (Å²) in [5.41, 5.74) is 4.72. The van der Waals surface area contributed by atoms with Gasteiger partial charge in [0.05, 0.1) is 5.56 Å². The van der Waals surface area contributed by atoms with Crippen LogP contribution in [0.15, 0.2) is 28.5 Å². The molecule has 0 spiro atoms. The van der Waals surface area contributed by atoms with Crippen LogP contribution in [0, 0.1) is 11.8 Å². The molecule has 1 atom stereocenters. The van der Waals surface area contributed by atoms with Crippen molar-refractivity contribution in [3.05, 3.63) is 23.9 Å². The van der Waals surface area contributed by atoms with Gasteiger partial charge in [0.1, 0.15) is 12.8 Å². The van der Waals surface area contributed by atoms with Crippen LogP contribution in [0.25, 0.3) is 0 Å². The number of amidine groups is 1. The van der Waals surface area contributed by atoms with Crippen LogP contribution >= 0.6 is 0 Å². The van der Waals surface area contributed by atoms with Crippen LogP contribution in [-0.4, -0.2) is 54.0 Å². The molecule has 1 aromatic heterocycles. The molecule has 1 aromatic rings. The lowest BCUT2D eigenvalue weighted by atomic mass is 9.81. The fraction of sp³-hybridized carbons (Fsp3) is 0.611. The van der Waals surface area contributed by atoms with E-state index in [1.54, 1.807) is 0 Å². The highest BCUT2D eigenvalue weighted by molar-refractivity contribution is 5.83. The van der Waals surface area contributed by atoms with Crippen LogP contribution in [0.2, 0.25) is 0 Å². The van der Waals surface area contributed by atoms with Crippen molar-refractivity contribution in [2.24, 2.45) is 27.8 Å². The Kier molecular flexibility index (Phi) is 7.76. The average Bonchev–Trinajstić information content (AvgIpc) is 2.65. The highest BCUT2D eigenvalue weighted by atomic mass is 19.4. The van der Waals surface area contributed by atoms with Gasteiger partial charge in [0.25, 0.3) is 0 Å². The normalized spacial score (nSPS) is 21.9. The zero-order valence-corrected chi connectivity index (χ0v) is 15.8. The van der Waals surface area contributed by atoms with E-state index in [1.165, 1.54) is 0 Å². The summed E-state index contributed by atoms with van der Waals surface area (Å²) in [6.07, 6.45) is -0.640. The molecule has 0 bridgehead atoms. The molecule has 156 valence electrons. The number of ether oxygens (including phenoxy) is 1. The Morgan fingerprint density at radius 3 is 2.68 bits per heavy atom. The van der Waals surface area contributed by atoms with E-state index in [-0.39, 0.29) is 18.4 Å². The predicted octanol–water partition coefficient (Wildman–Crippen LogP) is 2.51. The zero-order chi connectivity index (χ0) is 20.7. The van der Waals surface area contributed by atoms with Gasteiger partial charge >= 0.3 is 6.18 Å². The van der Waals surface area contributed by atoms with Crippen LogP contribution < -0.4 is 10.5 Å². The van der Waals surface area contributed by atoms with Crippen LogP contribution in [0.3, 0.4) is 0 Å². The number of hydrogen-bond donors (Lipinski definition) is 2. The number of nitrogens with two attached hydrogens (primary N) is 1. The van der Waals surface area contributed by atoms with Crippen LogP contribution in [0.5, 0.6) is 5.88 Å². The standard InChI is InChI=1S/C18H26F3N5O2/c1-23-25-15(11-28-16-9-14(7-8-24-16)18(19,20)21)26(2)10-12-3-5-13(6-4-12)17(22)27/h7-9,12-13,17,27H,1,3-6,10-11,22H2,2H3/b25-15-. The third kappa shape index (κ3) is 6.45. The summed E-state index contributed by atoms with van der Waals surface area (Å²) in [6.45, 7) is 3.93. The van der Waals surface area contributed by atoms with Crippen molar-refractivity contribution >= 4 is 12.6 Å². The van der Waals surface area contributed by atoms with E-state index in [2.05, 4.69) is 21.9 Å². The van der Waals surface area contributed by atoms with Crippen LogP contribution in [0.1, 0.15) is 31.2 Å². The number of aromatic nitrogens is 1. The molecule has 28 heavy (non-hydrogen) atoms. The van der Waals surface area contributed by atoms with Gasteiger partial charge in [-0.3, -0.25) is 0 Å². The quantitative estimate of drug-likeness (QED) is 0.317. The molecule has 1 fully saturated rings. The van der Waals surface area contributed by atoms with E-state index in [1.807, 2.05) is 11.9 Å². The van der Waals surface area contributed by atoms with Crippen molar-refractivity contribution in [3.63, 3.8) is 0 Å². The molecule has 1 heterocycles. The molecule has 1 unspecified atom stereocenters. The Balaban J connectivity index is 1.93. The molecular formula is C18H26F3N5O2. The van der Waals surface area contributed by atoms with Gasteiger partial charge in [-0.2, -0.15) is 18.3 Å². The van der Waals surface area contributed by atoms with Gasteiger partial charge in [-0.15, -0.1) is 5.10 Å². The Morgan fingerprint density at radius 1 is 1.43 bits per heavy atom. The van der Waals surface area contributed by atoms with Gasteiger partial charge in [0.15, 0.2) is 5.84 Å². The maximum Gasteiger partial charge on any atom is 0.416 e. The largest absolute Gasteiger partial charge is 0.469 e.